The van der Waals surface area contributed by atoms with Crippen molar-refractivity contribution in [2.75, 3.05) is 26.2 Å². The van der Waals surface area contributed by atoms with Crippen molar-refractivity contribution in [1.82, 2.24) is 19.0 Å². The van der Waals surface area contributed by atoms with Crippen LogP contribution >= 0.6 is 0 Å². The summed E-state index contributed by atoms with van der Waals surface area (Å²) in [6.45, 7) is 7.77. The van der Waals surface area contributed by atoms with E-state index < -0.39 is 21.8 Å². The third-order valence-electron chi connectivity index (χ3n) is 5.20. The van der Waals surface area contributed by atoms with Crippen LogP contribution in [0, 0.1) is 13.8 Å². The number of hydrogen-bond acceptors (Lipinski definition) is 4. The summed E-state index contributed by atoms with van der Waals surface area (Å²) in [4.78, 5) is 2.22. The predicted octanol–water partition coefficient (Wildman–Crippen LogP) is 3.05. The molecule has 0 atom stereocenters. The fraction of sp³-hybridized carbons (Fsp3) is 0.526. The lowest BCUT2D eigenvalue weighted by Crippen LogP contribution is -2.48. The summed E-state index contributed by atoms with van der Waals surface area (Å²) < 4.78 is 68.0. The Morgan fingerprint density at radius 1 is 1.10 bits per heavy atom. The number of rotatable bonds is 5. The molecule has 0 aliphatic carbocycles. The number of aromatic nitrogens is 2. The van der Waals surface area contributed by atoms with Crippen molar-refractivity contribution in [2.45, 2.75) is 44.9 Å². The van der Waals surface area contributed by atoms with Crippen molar-refractivity contribution in [3.8, 4) is 0 Å². The van der Waals surface area contributed by atoms with E-state index in [9.17, 15) is 21.6 Å². The van der Waals surface area contributed by atoms with Crippen molar-refractivity contribution in [2.24, 2.45) is 0 Å². The number of aryl methyl sites for hydroxylation is 2. The maximum atomic E-state index is 13.1. The second kappa shape index (κ2) is 8.08. The molecule has 1 aliphatic rings. The maximum Gasteiger partial charge on any atom is 0.416 e. The first-order valence-electron chi connectivity index (χ1n) is 9.46. The van der Waals surface area contributed by atoms with Gasteiger partial charge in [-0.1, -0.05) is 18.2 Å². The second-order valence-electron chi connectivity index (χ2n) is 7.19. The largest absolute Gasteiger partial charge is 0.416 e. The van der Waals surface area contributed by atoms with Crippen molar-refractivity contribution in [3.05, 3.63) is 46.8 Å². The molecule has 1 aromatic carbocycles. The van der Waals surface area contributed by atoms with Crippen LogP contribution in [-0.4, -0.2) is 53.6 Å². The maximum absolute atomic E-state index is 13.1. The fourth-order valence-corrected chi connectivity index (χ4v) is 5.52. The zero-order valence-electron chi connectivity index (χ0n) is 16.7. The summed E-state index contributed by atoms with van der Waals surface area (Å²) in [7, 11) is -3.66. The number of sulfonamides is 1. The smallest absolute Gasteiger partial charge is 0.296 e. The minimum Gasteiger partial charge on any atom is -0.296 e. The van der Waals surface area contributed by atoms with E-state index >= 15 is 0 Å². The number of benzene rings is 1. The van der Waals surface area contributed by atoms with Gasteiger partial charge in [-0.05, 0) is 32.4 Å². The van der Waals surface area contributed by atoms with E-state index in [0.29, 0.717) is 43.1 Å². The van der Waals surface area contributed by atoms with Gasteiger partial charge in [0.1, 0.15) is 4.90 Å². The predicted molar refractivity (Wildman–Crippen MR) is 103 cm³/mol. The number of alkyl halides is 3. The molecule has 0 unspecified atom stereocenters. The van der Waals surface area contributed by atoms with Gasteiger partial charge in [-0.2, -0.15) is 22.6 Å². The van der Waals surface area contributed by atoms with E-state index in [1.54, 1.807) is 24.6 Å². The van der Waals surface area contributed by atoms with Gasteiger partial charge in [0.15, 0.2) is 0 Å². The van der Waals surface area contributed by atoms with E-state index in [-0.39, 0.29) is 18.0 Å². The molecule has 3 rings (SSSR count). The molecule has 1 saturated heterocycles. The third-order valence-corrected chi connectivity index (χ3v) is 7.36. The molecule has 0 saturated carbocycles. The van der Waals surface area contributed by atoms with E-state index in [2.05, 4.69) is 5.10 Å². The SMILES string of the molecule is CCn1nc(C)c(S(=O)(=O)N2CCN(Cc3cccc(C(F)(F)F)c3)CC2)c1C. The van der Waals surface area contributed by atoms with E-state index in [1.807, 2.05) is 11.8 Å². The first-order valence-corrected chi connectivity index (χ1v) is 10.9. The highest BCUT2D eigenvalue weighted by atomic mass is 32.2. The molecule has 6 nitrogen and oxygen atoms in total. The average Bonchev–Trinajstić information content (AvgIpc) is 2.96. The van der Waals surface area contributed by atoms with Crippen molar-refractivity contribution in [3.63, 3.8) is 0 Å². The van der Waals surface area contributed by atoms with Gasteiger partial charge in [0, 0.05) is 39.3 Å². The van der Waals surface area contributed by atoms with Gasteiger partial charge in [-0.3, -0.25) is 9.58 Å². The third kappa shape index (κ3) is 4.49. The van der Waals surface area contributed by atoms with Gasteiger partial charge in [-0.15, -0.1) is 0 Å². The summed E-state index contributed by atoms with van der Waals surface area (Å²) in [5.74, 6) is 0. The summed E-state index contributed by atoms with van der Waals surface area (Å²) >= 11 is 0. The highest BCUT2D eigenvalue weighted by Crippen LogP contribution is 2.30. The molecule has 0 N–H and O–H groups in total. The standard InChI is InChI=1S/C19H25F3N4O2S/c1-4-26-15(3)18(14(2)23-26)29(27,28)25-10-8-24(9-11-25)13-16-6-5-7-17(12-16)19(20,21)22/h5-7,12H,4,8-11,13H2,1-3H3. The van der Waals surface area contributed by atoms with Crippen molar-refractivity contribution >= 4 is 10.0 Å². The monoisotopic (exact) mass is 430 g/mol. The molecule has 2 aromatic rings. The molecular formula is C19H25F3N4O2S. The van der Waals surface area contributed by atoms with Gasteiger partial charge in [0.05, 0.1) is 17.0 Å². The number of halogens is 3. The Balaban J connectivity index is 1.69. The van der Waals surface area contributed by atoms with Crippen LogP contribution in [0.5, 0.6) is 0 Å². The zero-order valence-corrected chi connectivity index (χ0v) is 17.5. The minimum atomic E-state index is -4.37. The molecule has 0 amide bonds. The molecule has 2 heterocycles. The Labute approximate surface area is 169 Å². The van der Waals surface area contributed by atoms with Crippen LogP contribution in [0.15, 0.2) is 29.2 Å². The lowest BCUT2D eigenvalue weighted by atomic mass is 10.1. The zero-order chi connectivity index (χ0) is 21.4. The normalized spacial score (nSPS) is 17.0. The van der Waals surface area contributed by atoms with Crippen LogP contribution in [0.4, 0.5) is 13.2 Å². The van der Waals surface area contributed by atoms with E-state index in [4.69, 9.17) is 0 Å². The van der Waals surface area contributed by atoms with Crippen LogP contribution in [-0.2, 0) is 29.3 Å². The van der Waals surface area contributed by atoms with E-state index in [1.165, 1.54) is 10.4 Å². The molecule has 29 heavy (non-hydrogen) atoms. The molecule has 1 aliphatic heterocycles. The first-order chi connectivity index (χ1) is 13.5. The molecule has 0 radical (unpaired) electrons. The Kier molecular flexibility index (Phi) is 6.07. The second-order valence-corrected chi connectivity index (χ2v) is 9.07. The van der Waals surface area contributed by atoms with Gasteiger partial charge in [-0.25, -0.2) is 8.42 Å². The Hall–Kier alpha value is -1.91. The van der Waals surface area contributed by atoms with Crippen molar-refractivity contribution in [1.29, 1.82) is 0 Å². The molecule has 10 heteroatoms. The van der Waals surface area contributed by atoms with Gasteiger partial charge < -0.3 is 0 Å². The summed E-state index contributed by atoms with van der Waals surface area (Å²) in [6, 6.07) is 5.25. The molecule has 1 fully saturated rings. The Morgan fingerprint density at radius 2 is 1.76 bits per heavy atom. The Bertz CT molecular complexity index is 978. The van der Waals surface area contributed by atoms with E-state index in [0.717, 1.165) is 12.1 Å². The molecule has 0 bridgehead atoms. The number of piperazine rings is 1. The molecule has 0 spiro atoms. The van der Waals surface area contributed by atoms with Crippen LogP contribution in [0.25, 0.3) is 0 Å². The van der Waals surface area contributed by atoms with Crippen LogP contribution < -0.4 is 0 Å². The fourth-order valence-electron chi connectivity index (χ4n) is 3.72. The van der Waals surface area contributed by atoms with Gasteiger partial charge in [0.2, 0.25) is 10.0 Å². The summed E-state index contributed by atoms with van der Waals surface area (Å²) in [5.41, 5.74) is 0.995. The Morgan fingerprint density at radius 3 is 2.31 bits per heavy atom. The van der Waals surface area contributed by atoms with Crippen LogP contribution in [0.1, 0.15) is 29.4 Å². The topological polar surface area (TPSA) is 58.4 Å². The highest BCUT2D eigenvalue weighted by Gasteiger charge is 2.33. The summed E-state index contributed by atoms with van der Waals surface area (Å²) in [5, 5.41) is 4.30. The van der Waals surface area contributed by atoms with Gasteiger partial charge in [0.25, 0.3) is 0 Å². The minimum absolute atomic E-state index is 0.255. The number of nitrogens with zero attached hydrogens (tertiary/aromatic N) is 4. The molecule has 160 valence electrons. The average molecular weight is 430 g/mol. The molecule has 1 aromatic heterocycles. The molecular weight excluding hydrogens is 405 g/mol. The lowest BCUT2D eigenvalue weighted by molar-refractivity contribution is -0.137. The first kappa shape index (κ1) is 21.8. The number of hydrogen-bond donors (Lipinski definition) is 0. The van der Waals surface area contributed by atoms with Crippen LogP contribution in [0.2, 0.25) is 0 Å². The van der Waals surface area contributed by atoms with Gasteiger partial charge >= 0.3 is 6.18 Å². The lowest BCUT2D eigenvalue weighted by Gasteiger charge is -2.34. The van der Waals surface area contributed by atoms with Crippen molar-refractivity contribution < 1.29 is 21.6 Å². The quantitative estimate of drug-likeness (QED) is 0.732. The highest BCUT2D eigenvalue weighted by molar-refractivity contribution is 7.89. The summed E-state index contributed by atoms with van der Waals surface area (Å²) in [6.07, 6.45) is -4.37. The van der Waals surface area contributed by atoms with Crippen LogP contribution in [0.3, 0.4) is 0 Å².